The fourth-order valence-corrected chi connectivity index (χ4v) is 4.19. The molecule has 0 radical (unpaired) electrons. The van der Waals surface area contributed by atoms with Crippen LogP contribution in [0.4, 0.5) is 0 Å². The second-order valence-corrected chi connectivity index (χ2v) is 7.13. The van der Waals surface area contributed by atoms with E-state index in [1.807, 2.05) is 6.07 Å². The molecule has 24 heavy (non-hydrogen) atoms. The predicted octanol–water partition coefficient (Wildman–Crippen LogP) is 3.36. The summed E-state index contributed by atoms with van der Waals surface area (Å²) < 4.78 is 5.36. The third kappa shape index (κ3) is 4.29. The maximum atomic E-state index is 12.6. The van der Waals surface area contributed by atoms with E-state index in [2.05, 4.69) is 28.4 Å². The molecular weight excluding hydrogens is 300 g/mol. The van der Waals surface area contributed by atoms with E-state index in [4.69, 9.17) is 4.74 Å². The largest absolute Gasteiger partial charge is 0.497 e. The third-order valence-electron chi connectivity index (χ3n) is 5.48. The zero-order chi connectivity index (χ0) is 16.8. The monoisotopic (exact) mass is 330 g/mol. The average molecular weight is 330 g/mol. The van der Waals surface area contributed by atoms with Gasteiger partial charge in [-0.1, -0.05) is 31.4 Å². The molecule has 2 atom stereocenters. The van der Waals surface area contributed by atoms with Crippen LogP contribution in [0.2, 0.25) is 0 Å². The van der Waals surface area contributed by atoms with Gasteiger partial charge in [-0.05, 0) is 49.9 Å². The van der Waals surface area contributed by atoms with Crippen molar-refractivity contribution in [1.82, 2.24) is 10.2 Å². The molecule has 0 unspecified atom stereocenters. The highest BCUT2D eigenvalue weighted by Crippen LogP contribution is 2.32. The number of rotatable bonds is 3. The maximum Gasteiger partial charge on any atom is 0.224 e. The molecule has 0 aromatic heterocycles. The summed E-state index contributed by atoms with van der Waals surface area (Å²) in [6, 6.07) is 8.71. The highest BCUT2D eigenvalue weighted by Gasteiger charge is 2.36. The van der Waals surface area contributed by atoms with Crippen LogP contribution in [0.3, 0.4) is 0 Å². The lowest BCUT2D eigenvalue weighted by Crippen LogP contribution is -2.44. The van der Waals surface area contributed by atoms with Gasteiger partial charge in [-0.2, -0.15) is 0 Å². The van der Waals surface area contributed by atoms with E-state index >= 15 is 0 Å². The average Bonchev–Trinajstić information content (AvgIpc) is 3.08. The molecule has 4 heteroatoms. The van der Waals surface area contributed by atoms with Crippen molar-refractivity contribution >= 4 is 5.91 Å². The van der Waals surface area contributed by atoms with E-state index in [0.717, 1.165) is 51.1 Å². The van der Waals surface area contributed by atoms with Crippen LogP contribution in [0.25, 0.3) is 0 Å². The van der Waals surface area contributed by atoms with Crippen LogP contribution in [0.15, 0.2) is 24.3 Å². The number of methoxy groups -OCH3 is 1. The van der Waals surface area contributed by atoms with E-state index < -0.39 is 0 Å². The molecule has 2 aliphatic rings. The Morgan fingerprint density at radius 2 is 2.04 bits per heavy atom. The van der Waals surface area contributed by atoms with E-state index in [1.165, 1.54) is 24.8 Å². The van der Waals surface area contributed by atoms with Crippen LogP contribution >= 0.6 is 0 Å². The van der Waals surface area contributed by atoms with Gasteiger partial charge in [0, 0.05) is 19.1 Å². The SMILES string of the molecule is COc1cccc(CN2CCCCCCNC(=O)[C@@H]3CCC[C@@H]32)c1. The van der Waals surface area contributed by atoms with E-state index in [1.54, 1.807) is 7.11 Å². The van der Waals surface area contributed by atoms with Crippen molar-refractivity contribution in [3.8, 4) is 5.75 Å². The van der Waals surface area contributed by atoms with Crippen molar-refractivity contribution < 1.29 is 9.53 Å². The lowest BCUT2D eigenvalue weighted by atomic mass is 9.99. The summed E-state index contributed by atoms with van der Waals surface area (Å²) >= 11 is 0. The fraction of sp³-hybridized carbons (Fsp3) is 0.650. The van der Waals surface area contributed by atoms with Gasteiger partial charge in [0.2, 0.25) is 5.91 Å². The number of carbonyl (C=O) groups is 1. The number of nitrogens with one attached hydrogen (secondary N) is 1. The minimum absolute atomic E-state index is 0.161. The Labute approximate surface area is 145 Å². The topological polar surface area (TPSA) is 41.6 Å². The van der Waals surface area contributed by atoms with E-state index in [9.17, 15) is 4.79 Å². The fourth-order valence-electron chi connectivity index (χ4n) is 4.19. The summed E-state index contributed by atoms with van der Waals surface area (Å²) in [6.45, 7) is 2.84. The van der Waals surface area contributed by atoms with Gasteiger partial charge in [0.25, 0.3) is 0 Å². The lowest BCUT2D eigenvalue weighted by Gasteiger charge is -2.32. The number of hydrogen-bond acceptors (Lipinski definition) is 3. The zero-order valence-corrected chi connectivity index (χ0v) is 14.8. The second kappa shape index (κ2) is 8.52. The Bertz CT molecular complexity index is 546. The van der Waals surface area contributed by atoms with Crippen LogP contribution in [-0.2, 0) is 11.3 Å². The number of benzene rings is 1. The van der Waals surface area contributed by atoms with Gasteiger partial charge < -0.3 is 10.1 Å². The Morgan fingerprint density at radius 1 is 1.17 bits per heavy atom. The molecule has 1 aliphatic heterocycles. The van der Waals surface area contributed by atoms with E-state index in [-0.39, 0.29) is 11.8 Å². The number of nitrogens with zero attached hydrogens (tertiary/aromatic N) is 1. The Kier molecular flexibility index (Phi) is 6.13. The summed E-state index contributed by atoms with van der Waals surface area (Å²) in [5.74, 6) is 1.34. The molecule has 1 saturated carbocycles. The van der Waals surface area contributed by atoms with Crippen LogP contribution in [0, 0.1) is 5.92 Å². The molecule has 1 aromatic rings. The summed E-state index contributed by atoms with van der Waals surface area (Å²) in [7, 11) is 1.71. The van der Waals surface area contributed by atoms with Crippen LogP contribution in [0.5, 0.6) is 5.75 Å². The molecule has 1 aromatic carbocycles. The Balaban J connectivity index is 1.76. The maximum absolute atomic E-state index is 12.6. The summed E-state index contributed by atoms with van der Waals surface area (Å²) in [4.78, 5) is 15.1. The first kappa shape index (κ1) is 17.3. The molecule has 1 N–H and O–H groups in total. The second-order valence-electron chi connectivity index (χ2n) is 7.13. The first-order chi connectivity index (χ1) is 11.8. The highest BCUT2D eigenvalue weighted by atomic mass is 16.5. The minimum atomic E-state index is 0.161. The van der Waals surface area contributed by atoms with Gasteiger partial charge in [-0.15, -0.1) is 0 Å². The standard InChI is InChI=1S/C20H30N2O2/c1-24-17-9-6-8-16(14-17)15-22-13-5-3-2-4-12-21-20(23)18-10-7-11-19(18)22/h6,8-9,14,18-19H,2-5,7,10-13,15H2,1H3,(H,21,23)/t18-,19+/m1/s1. The van der Waals surface area contributed by atoms with Gasteiger partial charge in [0.1, 0.15) is 5.75 Å². The van der Waals surface area contributed by atoms with Crippen molar-refractivity contribution in [3.63, 3.8) is 0 Å². The summed E-state index contributed by atoms with van der Waals surface area (Å²) in [6.07, 6.45) is 8.13. The normalized spacial score (nSPS) is 26.3. The number of carbonyl (C=O) groups excluding carboxylic acids is 1. The molecule has 1 saturated heterocycles. The number of amides is 1. The van der Waals surface area contributed by atoms with Gasteiger partial charge >= 0.3 is 0 Å². The lowest BCUT2D eigenvalue weighted by molar-refractivity contribution is -0.126. The number of hydrogen-bond donors (Lipinski definition) is 1. The Morgan fingerprint density at radius 3 is 2.92 bits per heavy atom. The zero-order valence-electron chi connectivity index (χ0n) is 14.8. The van der Waals surface area contributed by atoms with Gasteiger partial charge in [-0.3, -0.25) is 9.69 Å². The molecular formula is C20H30N2O2. The van der Waals surface area contributed by atoms with Gasteiger partial charge in [0.15, 0.2) is 0 Å². The number of ether oxygens (including phenoxy) is 1. The van der Waals surface area contributed by atoms with Crippen LogP contribution in [-0.4, -0.2) is 37.0 Å². The molecule has 1 heterocycles. The van der Waals surface area contributed by atoms with Crippen molar-refractivity contribution in [2.24, 2.45) is 5.92 Å². The van der Waals surface area contributed by atoms with Crippen molar-refractivity contribution in [2.45, 2.75) is 57.5 Å². The molecule has 132 valence electrons. The van der Waals surface area contributed by atoms with Crippen LogP contribution < -0.4 is 10.1 Å². The molecule has 1 amide bonds. The third-order valence-corrected chi connectivity index (χ3v) is 5.48. The molecule has 1 aliphatic carbocycles. The van der Waals surface area contributed by atoms with Gasteiger partial charge in [-0.25, -0.2) is 0 Å². The molecule has 0 bridgehead atoms. The van der Waals surface area contributed by atoms with E-state index in [0.29, 0.717) is 6.04 Å². The molecule has 3 rings (SSSR count). The molecule has 4 nitrogen and oxygen atoms in total. The molecule has 0 spiro atoms. The van der Waals surface area contributed by atoms with Gasteiger partial charge in [0.05, 0.1) is 13.0 Å². The van der Waals surface area contributed by atoms with Crippen molar-refractivity contribution in [2.75, 3.05) is 20.2 Å². The van der Waals surface area contributed by atoms with Crippen molar-refractivity contribution in [3.05, 3.63) is 29.8 Å². The first-order valence-electron chi connectivity index (χ1n) is 9.42. The highest BCUT2D eigenvalue weighted by molar-refractivity contribution is 5.79. The van der Waals surface area contributed by atoms with Crippen LogP contribution in [0.1, 0.15) is 50.5 Å². The number of fused-ring (bicyclic) bond motifs is 1. The summed E-state index contributed by atoms with van der Waals surface area (Å²) in [5, 5.41) is 3.17. The van der Waals surface area contributed by atoms with Crippen molar-refractivity contribution in [1.29, 1.82) is 0 Å². The quantitative estimate of drug-likeness (QED) is 0.924. The predicted molar refractivity (Wildman–Crippen MR) is 96.0 cm³/mol. The molecule has 2 fully saturated rings. The summed E-state index contributed by atoms with van der Waals surface area (Å²) in [5.41, 5.74) is 1.27. The minimum Gasteiger partial charge on any atom is -0.497 e. The smallest absolute Gasteiger partial charge is 0.224 e. The first-order valence-corrected chi connectivity index (χ1v) is 9.42. The Hall–Kier alpha value is -1.55.